The van der Waals surface area contributed by atoms with Gasteiger partial charge in [-0.15, -0.1) is 0 Å². The van der Waals surface area contributed by atoms with Gasteiger partial charge in [0, 0.05) is 39.3 Å². The maximum atomic E-state index is 9.98. The maximum Gasteiger partial charge on any atom is 0.0900 e. The Kier molecular flexibility index (Phi) is 14.0. The van der Waals surface area contributed by atoms with E-state index in [1.807, 2.05) is 0 Å². The molecule has 0 saturated carbocycles. The summed E-state index contributed by atoms with van der Waals surface area (Å²) in [5.41, 5.74) is 0. The van der Waals surface area contributed by atoms with E-state index < -0.39 is 0 Å². The van der Waals surface area contributed by atoms with Crippen LogP contribution in [0.5, 0.6) is 0 Å². The number of β-amino-alcohol motifs (C(OH)–C–C–N with tert-alkyl or cyclic N) is 1. The summed E-state index contributed by atoms with van der Waals surface area (Å²) < 4.78 is 5.62. The van der Waals surface area contributed by atoms with Crippen molar-refractivity contribution in [2.75, 3.05) is 45.9 Å². The van der Waals surface area contributed by atoms with Crippen LogP contribution in [0.4, 0.5) is 0 Å². The third-order valence-electron chi connectivity index (χ3n) is 4.63. The smallest absolute Gasteiger partial charge is 0.0900 e. The molecule has 0 aliphatic carbocycles. The van der Waals surface area contributed by atoms with Crippen LogP contribution in [0, 0.1) is 0 Å². The van der Waals surface area contributed by atoms with Crippen LogP contribution in [0.3, 0.4) is 0 Å². The van der Waals surface area contributed by atoms with E-state index in [4.69, 9.17) is 4.74 Å². The zero-order valence-electron chi connectivity index (χ0n) is 15.4. The van der Waals surface area contributed by atoms with E-state index in [9.17, 15) is 5.11 Å². The Balaban J connectivity index is 1.77. The summed E-state index contributed by atoms with van der Waals surface area (Å²) >= 11 is 0. The van der Waals surface area contributed by atoms with Crippen molar-refractivity contribution in [3.05, 3.63) is 0 Å². The molecule has 0 aromatic heterocycles. The highest BCUT2D eigenvalue weighted by Gasteiger charge is 2.13. The number of rotatable bonds is 15. The first kappa shape index (κ1) is 20.9. The highest BCUT2D eigenvalue weighted by atomic mass is 16.5. The fourth-order valence-electron chi connectivity index (χ4n) is 3.16. The summed E-state index contributed by atoms with van der Waals surface area (Å²) in [7, 11) is 0. The van der Waals surface area contributed by atoms with Gasteiger partial charge in [-0.3, -0.25) is 4.90 Å². The number of aliphatic hydroxyl groups excluding tert-OH is 1. The average Bonchev–Trinajstić information content (AvgIpc) is 2.57. The fourth-order valence-corrected chi connectivity index (χ4v) is 3.16. The first-order chi connectivity index (χ1) is 11.3. The minimum Gasteiger partial charge on any atom is -0.389 e. The zero-order valence-corrected chi connectivity index (χ0v) is 15.4. The molecule has 4 nitrogen and oxygen atoms in total. The number of unbranched alkanes of at least 4 members (excludes halogenated alkanes) is 9. The van der Waals surface area contributed by atoms with E-state index in [0.29, 0.717) is 6.61 Å². The molecule has 0 radical (unpaired) electrons. The predicted octanol–water partition coefficient (Wildman–Crippen LogP) is 3.19. The third kappa shape index (κ3) is 12.9. The van der Waals surface area contributed by atoms with Crippen molar-refractivity contribution in [2.24, 2.45) is 0 Å². The van der Waals surface area contributed by atoms with E-state index in [2.05, 4.69) is 17.1 Å². The fraction of sp³-hybridized carbons (Fsp3) is 1.00. The highest BCUT2D eigenvalue weighted by Crippen LogP contribution is 2.10. The van der Waals surface area contributed by atoms with Gasteiger partial charge in [-0.05, 0) is 6.42 Å². The van der Waals surface area contributed by atoms with Crippen molar-refractivity contribution in [3.63, 3.8) is 0 Å². The number of piperazine rings is 1. The molecular weight excluding hydrogens is 288 g/mol. The Hall–Kier alpha value is -0.160. The van der Waals surface area contributed by atoms with Crippen LogP contribution in [-0.2, 0) is 4.74 Å². The van der Waals surface area contributed by atoms with Gasteiger partial charge in [-0.25, -0.2) is 0 Å². The van der Waals surface area contributed by atoms with Crippen LogP contribution in [-0.4, -0.2) is 62.0 Å². The average molecular weight is 329 g/mol. The summed E-state index contributed by atoms with van der Waals surface area (Å²) in [4.78, 5) is 2.31. The van der Waals surface area contributed by atoms with Gasteiger partial charge in [0.15, 0.2) is 0 Å². The van der Waals surface area contributed by atoms with Gasteiger partial charge >= 0.3 is 0 Å². The predicted molar refractivity (Wildman–Crippen MR) is 98.0 cm³/mol. The second-order valence-electron chi connectivity index (χ2n) is 6.96. The number of nitrogens with one attached hydrogen (secondary N) is 1. The summed E-state index contributed by atoms with van der Waals surface area (Å²) in [6.07, 6.45) is 13.2. The minimum absolute atomic E-state index is 0.337. The molecule has 1 fully saturated rings. The first-order valence-corrected chi connectivity index (χ1v) is 10.0. The lowest BCUT2D eigenvalue weighted by molar-refractivity contribution is 0.0136. The molecule has 0 aromatic rings. The van der Waals surface area contributed by atoms with Crippen molar-refractivity contribution >= 4 is 0 Å². The molecular formula is C19H40N2O2. The standard InChI is InChI=1S/C19H40N2O2/c1-2-3-4-5-6-7-8-9-10-11-16-23-18-19(22)17-21-14-12-20-13-15-21/h19-20,22H,2-18H2,1H3. The highest BCUT2D eigenvalue weighted by molar-refractivity contribution is 4.70. The van der Waals surface area contributed by atoms with E-state index in [-0.39, 0.29) is 6.10 Å². The number of hydrogen-bond donors (Lipinski definition) is 2. The summed E-state index contributed by atoms with van der Waals surface area (Å²) in [5.74, 6) is 0. The maximum absolute atomic E-state index is 9.98. The summed E-state index contributed by atoms with van der Waals surface area (Å²) in [5, 5.41) is 13.3. The van der Waals surface area contributed by atoms with E-state index >= 15 is 0 Å². The van der Waals surface area contributed by atoms with Crippen molar-refractivity contribution < 1.29 is 9.84 Å². The van der Waals surface area contributed by atoms with Crippen molar-refractivity contribution in [3.8, 4) is 0 Å². The lowest BCUT2D eigenvalue weighted by Crippen LogP contribution is -2.47. The molecule has 0 bridgehead atoms. The number of hydrogen-bond acceptors (Lipinski definition) is 4. The van der Waals surface area contributed by atoms with Gasteiger partial charge in [0.2, 0.25) is 0 Å². The van der Waals surface area contributed by atoms with Gasteiger partial charge in [0.1, 0.15) is 0 Å². The van der Waals surface area contributed by atoms with Crippen LogP contribution >= 0.6 is 0 Å². The molecule has 1 unspecified atom stereocenters. The van der Waals surface area contributed by atoms with Crippen LogP contribution in [0.2, 0.25) is 0 Å². The molecule has 1 atom stereocenters. The molecule has 4 heteroatoms. The van der Waals surface area contributed by atoms with Gasteiger partial charge < -0.3 is 15.2 Å². The van der Waals surface area contributed by atoms with Gasteiger partial charge in [0.25, 0.3) is 0 Å². The first-order valence-electron chi connectivity index (χ1n) is 10.0. The second-order valence-corrected chi connectivity index (χ2v) is 6.96. The van der Waals surface area contributed by atoms with Gasteiger partial charge in [0.05, 0.1) is 12.7 Å². The number of nitrogens with zero attached hydrogens (tertiary/aromatic N) is 1. The van der Waals surface area contributed by atoms with Crippen LogP contribution in [0.15, 0.2) is 0 Å². The number of aliphatic hydroxyl groups is 1. The largest absolute Gasteiger partial charge is 0.389 e. The summed E-state index contributed by atoms with van der Waals surface area (Å²) in [6, 6.07) is 0. The Morgan fingerprint density at radius 2 is 1.48 bits per heavy atom. The molecule has 0 aromatic carbocycles. The molecule has 1 saturated heterocycles. The van der Waals surface area contributed by atoms with Crippen molar-refractivity contribution in [1.29, 1.82) is 0 Å². The lowest BCUT2D eigenvalue weighted by Gasteiger charge is -2.28. The summed E-state index contributed by atoms with van der Waals surface area (Å²) in [6.45, 7) is 8.45. The zero-order chi connectivity index (χ0) is 16.6. The molecule has 138 valence electrons. The van der Waals surface area contributed by atoms with Crippen LogP contribution in [0.25, 0.3) is 0 Å². The second kappa shape index (κ2) is 15.4. The van der Waals surface area contributed by atoms with Crippen LogP contribution < -0.4 is 5.32 Å². The molecule has 2 N–H and O–H groups in total. The molecule has 1 aliphatic rings. The minimum atomic E-state index is -0.337. The third-order valence-corrected chi connectivity index (χ3v) is 4.63. The normalized spacial score (nSPS) is 17.5. The van der Waals surface area contributed by atoms with Crippen LogP contribution in [0.1, 0.15) is 71.1 Å². The Labute approximate surface area is 144 Å². The van der Waals surface area contributed by atoms with Crippen molar-refractivity contribution in [1.82, 2.24) is 10.2 Å². The van der Waals surface area contributed by atoms with Gasteiger partial charge in [-0.2, -0.15) is 0 Å². The Bertz CT molecular complexity index is 246. The molecule has 0 amide bonds. The topological polar surface area (TPSA) is 44.7 Å². The van der Waals surface area contributed by atoms with E-state index in [0.717, 1.165) is 45.8 Å². The SMILES string of the molecule is CCCCCCCCCCCCOCC(O)CN1CCNCC1. The molecule has 0 spiro atoms. The molecule has 1 aliphatic heterocycles. The monoisotopic (exact) mass is 328 g/mol. The van der Waals surface area contributed by atoms with E-state index in [1.165, 1.54) is 57.8 Å². The number of ether oxygens (including phenoxy) is 1. The molecule has 1 rings (SSSR count). The van der Waals surface area contributed by atoms with E-state index in [1.54, 1.807) is 0 Å². The Morgan fingerprint density at radius 3 is 2.09 bits per heavy atom. The quantitative estimate of drug-likeness (QED) is 0.453. The van der Waals surface area contributed by atoms with Gasteiger partial charge in [-0.1, -0.05) is 64.7 Å². The lowest BCUT2D eigenvalue weighted by atomic mass is 10.1. The molecule has 1 heterocycles. The molecule has 23 heavy (non-hydrogen) atoms. The van der Waals surface area contributed by atoms with Crippen molar-refractivity contribution in [2.45, 2.75) is 77.2 Å². The Morgan fingerprint density at radius 1 is 0.913 bits per heavy atom.